The van der Waals surface area contributed by atoms with Gasteiger partial charge in [0.05, 0.1) is 0 Å². The Morgan fingerprint density at radius 2 is 1.57 bits per heavy atom. The number of carbonyl (C=O) groups is 2. The van der Waals surface area contributed by atoms with Gasteiger partial charge >= 0.3 is 0 Å². The number of anilines is 1. The number of hydrogen-bond donors (Lipinski definition) is 0. The van der Waals surface area contributed by atoms with Crippen LogP contribution in [0.15, 0.2) is 48.5 Å². The lowest BCUT2D eigenvalue weighted by atomic mass is 10.0. The molecule has 0 N–H and O–H groups in total. The summed E-state index contributed by atoms with van der Waals surface area (Å²) in [5.41, 5.74) is 2.35. The topological polar surface area (TPSA) is 37.4 Å². The van der Waals surface area contributed by atoms with Crippen molar-refractivity contribution in [2.75, 3.05) is 11.4 Å². The molecule has 0 aromatic heterocycles. The van der Waals surface area contributed by atoms with Crippen LogP contribution < -0.4 is 4.90 Å². The number of ketones is 1. The second kappa shape index (κ2) is 7.68. The maximum absolute atomic E-state index is 13.0. The third-order valence-corrected chi connectivity index (χ3v) is 3.70. The number of aryl methyl sites for hydroxylation is 1. The van der Waals surface area contributed by atoms with Crippen LogP contribution in [0.25, 0.3) is 0 Å². The zero-order chi connectivity index (χ0) is 16.8. The van der Waals surface area contributed by atoms with Gasteiger partial charge in [-0.2, -0.15) is 0 Å². The first-order chi connectivity index (χ1) is 11.0. The molecule has 4 heteroatoms. The molecule has 0 unspecified atom stereocenters. The van der Waals surface area contributed by atoms with Gasteiger partial charge in [0.25, 0.3) is 0 Å². The average molecular weight is 313 g/mol. The monoisotopic (exact) mass is 313 g/mol. The van der Waals surface area contributed by atoms with Crippen molar-refractivity contribution in [1.82, 2.24) is 0 Å². The number of halogens is 1. The minimum atomic E-state index is -0.341. The fourth-order valence-corrected chi connectivity index (χ4v) is 2.36. The molecular formula is C19H20FNO2. The molecule has 0 atom stereocenters. The molecule has 23 heavy (non-hydrogen) atoms. The quantitative estimate of drug-likeness (QED) is 0.751. The van der Waals surface area contributed by atoms with Gasteiger partial charge in [0.2, 0.25) is 5.91 Å². The van der Waals surface area contributed by atoms with E-state index in [2.05, 4.69) is 0 Å². The lowest BCUT2D eigenvalue weighted by molar-refractivity contribution is -0.118. The first kappa shape index (κ1) is 16.9. The maximum atomic E-state index is 13.0. The van der Waals surface area contributed by atoms with Crippen molar-refractivity contribution in [2.24, 2.45) is 0 Å². The molecule has 0 fully saturated rings. The predicted molar refractivity (Wildman–Crippen MR) is 89.2 cm³/mol. The summed E-state index contributed by atoms with van der Waals surface area (Å²) < 4.78 is 13.0. The highest BCUT2D eigenvalue weighted by Crippen LogP contribution is 2.17. The lowest BCUT2D eigenvalue weighted by Gasteiger charge is -2.21. The second-order valence-corrected chi connectivity index (χ2v) is 5.40. The molecule has 2 aromatic carbocycles. The van der Waals surface area contributed by atoms with Crippen LogP contribution >= 0.6 is 0 Å². The predicted octanol–water partition coefficient (Wildman–Crippen LogP) is 4.15. The maximum Gasteiger partial charge on any atom is 0.227 e. The number of carbonyl (C=O) groups excluding carboxylic acids is 2. The van der Waals surface area contributed by atoms with Gasteiger partial charge in [0.15, 0.2) is 5.78 Å². The Morgan fingerprint density at radius 3 is 2.13 bits per heavy atom. The molecule has 0 bridgehead atoms. The van der Waals surface area contributed by atoms with Crippen LogP contribution in [0.1, 0.15) is 35.7 Å². The third-order valence-electron chi connectivity index (χ3n) is 3.70. The van der Waals surface area contributed by atoms with Crippen molar-refractivity contribution in [1.29, 1.82) is 0 Å². The number of Topliss-reactive ketones (excluding diaryl/α,β-unsaturated/α-hetero) is 1. The number of nitrogens with zero attached hydrogens (tertiary/aromatic N) is 1. The molecule has 0 saturated carbocycles. The zero-order valence-electron chi connectivity index (χ0n) is 13.4. The Hall–Kier alpha value is -2.49. The molecule has 120 valence electrons. The van der Waals surface area contributed by atoms with E-state index in [1.165, 1.54) is 12.1 Å². The molecule has 0 spiro atoms. The summed E-state index contributed by atoms with van der Waals surface area (Å²) in [7, 11) is 0. The van der Waals surface area contributed by atoms with E-state index in [9.17, 15) is 14.0 Å². The smallest absolute Gasteiger partial charge is 0.227 e. The van der Waals surface area contributed by atoms with E-state index in [4.69, 9.17) is 0 Å². The van der Waals surface area contributed by atoms with Gasteiger partial charge in [-0.15, -0.1) is 0 Å². The van der Waals surface area contributed by atoms with Crippen molar-refractivity contribution >= 4 is 17.4 Å². The van der Waals surface area contributed by atoms with Crippen molar-refractivity contribution in [3.8, 4) is 0 Å². The van der Waals surface area contributed by atoms with E-state index < -0.39 is 0 Å². The summed E-state index contributed by atoms with van der Waals surface area (Å²) in [4.78, 5) is 26.0. The van der Waals surface area contributed by atoms with Gasteiger partial charge in [-0.3, -0.25) is 9.59 Å². The molecule has 0 radical (unpaired) electrons. The van der Waals surface area contributed by atoms with E-state index in [0.29, 0.717) is 17.8 Å². The SMILES string of the molecule is CCN(C(=O)CCC(=O)c1ccc(C)cc1)c1ccc(F)cc1. The standard InChI is InChI=1S/C19H20FNO2/c1-3-21(17-10-8-16(20)9-11-17)19(23)13-12-18(22)15-6-4-14(2)5-7-15/h4-11H,3,12-13H2,1-2H3. The minimum absolute atomic E-state index is 0.0477. The second-order valence-electron chi connectivity index (χ2n) is 5.40. The van der Waals surface area contributed by atoms with Gasteiger partial charge in [-0.05, 0) is 38.1 Å². The minimum Gasteiger partial charge on any atom is -0.313 e. The number of amides is 1. The highest BCUT2D eigenvalue weighted by Gasteiger charge is 2.16. The van der Waals surface area contributed by atoms with Gasteiger partial charge in [0.1, 0.15) is 5.82 Å². The van der Waals surface area contributed by atoms with Crippen LogP contribution in [0.5, 0.6) is 0 Å². The molecular weight excluding hydrogens is 293 g/mol. The fourth-order valence-electron chi connectivity index (χ4n) is 2.36. The van der Waals surface area contributed by atoms with Gasteiger partial charge < -0.3 is 4.90 Å². The van der Waals surface area contributed by atoms with Crippen LogP contribution in [-0.2, 0) is 4.79 Å². The van der Waals surface area contributed by atoms with Crippen molar-refractivity contribution in [3.63, 3.8) is 0 Å². The molecule has 0 aliphatic rings. The highest BCUT2D eigenvalue weighted by atomic mass is 19.1. The van der Waals surface area contributed by atoms with Crippen LogP contribution in [0.2, 0.25) is 0 Å². The molecule has 3 nitrogen and oxygen atoms in total. The van der Waals surface area contributed by atoms with Crippen molar-refractivity contribution < 1.29 is 14.0 Å². The molecule has 0 heterocycles. The normalized spacial score (nSPS) is 10.4. The van der Waals surface area contributed by atoms with E-state index in [1.54, 1.807) is 29.2 Å². The Bertz CT molecular complexity index is 678. The third kappa shape index (κ3) is 4.49. The van der Waals surface area contributed by atoms with E-state index in [-0.39, 0.29) is 30.3 Å². The summed E-state index contributed by atoms with van der Waals surface area (Å²) in [5, 5.41) is 0. The Balaban J connectivity index is 1.98. The molecule has 2 rings (SSSR count). The fraction of sp³-hybridized carbons (Fsp3) is 0.263. The van der Waals surface area contributed by atoms with Crippen LogP contribution in [0.4, 0.5) is 10.1 Å². The Labute approximate surface area is 135 Å². The molecule has 0 aliphatic heterocycles. The van der Waals surface area contributed by atoms with Gasteiger partial charge in [-0.25, -0.2) is 4.39 Å². The Morgan fingerprint density at radius 1 is 0.957 bits per heavy atom. The Kier molecular flexibility index (Phi) is 5.63. The summed E-state index contributed by atoms with van der Waals surface area (Å²) in [6.07, 6.45) is 0.303. The summed E-state index contributed by atoms with van der Waals surface area (Å²) in [5.74, 6) is -0.528. The largest absolute Gasteiger partial charge is 0.313 e. The van der Waals surface area contributed by atoms with Crippen LogP contribution in [0, 0.1) is 12.7 Å². The van der Waals surface area contributed by atoms with E-state index in [1.807, 2.05) is 26.0 Å². The lowest BCUT2D eigenvalue weighted by Crippen LogP contribution is -2.30. The number of benzene rings is 2. The number of hydrogen-bond acceptors (Lipinski definition) is 2. The van der Waals surface area contributed by atoms with Crippen molar-refractivity contribution in [3.05, 3.63) is 65.5 Å². The van der Waals surface area contributed by atoms with Crippen molar-refractivity contribution in [2.45, 2.75) is 26.7 Å². The summed E-state index contributed by atoms with van der Waals surface area (Å²) >= 11 is 0. The average Bonchev–Trinajstić information content (AvgIpc) is 2.55. The van der Waals surface area contributed by atoms with E-state index in [0.717, 1.165) is 5.56 Å². The van der Waals surface area contributed by atoms with Crippen LogP contribution in [0.3, 0.4) is 0 Å². The summed E-state index contributed by atoms with van der Waals surface area (Å²) in [6, 6.07) is 13.1. The van der Waals surface area contributed by atoms with E-state index >= 15 is 0 Å². The number of rotatable bonds is 6. The van der Waals surface area contributed by atoms with Gasteiger partial charge in [-0.1, -0.05) is 29.8 Å². The first-order valence-electron chi connectivity index (χ1n) is 7.67. The molecule has 2 aromatic rings. The first-order valence-corrected chi connectivity index (χ1v) is 7.67. The van der Waals surface area contributed by atoms with Crippen LogP contribution in [-0.4, -0.2) is 18.2 Å². The summed E-state index contributed by atoms with van der Waals surface area (Å²) in [6.45, 7) is 4.28. The highest BCUT2D eigenvalue weighted by molar-refractivity contribution is 6.00. The zero-order valence-corrected chi connectivity index (χ0v) is 13.4. The van der Waals surface area contributed by atoms with Gasteiger partial charge in [0, 0.05) is 30.6 Å². The molecule has 1 amide bonds. The molecule has 0 aliphatic carbocycles. The molecule has 0 saturated heterocycles.